The molecule has 0 aromatic heterocycles. The first-order valence-corrected chi connectivity index (χ1v) is 5.23. The summed E-state index contributed by atoms with van der Waals surface area (Å²) in [5.41, 5.74) is 0. The van der Waals surface area contributed by atoms with Crippen molar-refractivity contribution in [3.63, 3.8) is 0 Å². The third-order valence-corrected chi connectivity index (χ3v) is 2.73. The van der Waals surface area contributed by atoms with Crippen molar-refractivity contribution in [3.8, 4) is 0 Å². The number of carbonyl (C=O) groups is 1. The lowest BCUT2D eigenvalue weighted by molar-refractivity contribution is -0.131. The van der Waals surface area contributed by atoms with Crippen molar-refractivity contribution in [2.75, 3.05) is 20.1 Å². The average Bonchev–Trinajstić information content (AvgIpc) is 2.61. The van der Waals surface area contributed by atoms with Crippen molar-refractivity contribution >= 4 is 5.91 Å². The molecule has 0 aliphatic carbocycles. The molecule has 1 aliphatic heterocycles. The molecular weight excluding hydrogens is 164 g/mol. The first kappa shape index (κ1) is 10.5. The summed E-state index contributed by atoms with van der Waals surface area (Å²) in [6.45, 7) is 3.93. The predicted molar refractivity (Wildman–Crippen MR) is 53.6 cm³/mol. The normalized spacial score (nSPS) is 22.3. The van der Waals surface area contributed by atoms with E-state index in [0.29, 0.717) is 18.4 Å². The van der Waals surface area contributed by atoms with Crippen LogP contribution in [0.25, 0.3) is 0 Å². The molecule has 0 spiro atoms. The van der Waals surface area contributed by atoms with Gasteiger partial charge in [-0.25, -0.2) is 0 Å². The molecule has 1 unspecified atom stereocenters. The van der Waals surface area contributed by atoms with E-state index in [9.17, 15) is 4.79 Å². The molecule has 1 fully saturated rings. The fraction of sp³-hybridized carbons (Fsp3) is 0.900. The maximum Gasteiger partial charge on any atom is 0.222 e. The van der Waals surface area contributed by atoms with Crippen LogP contribution in [0.4, 0.5) is 0 Å². The van der Waals surface area contributed by atoms with Crippen molar-refractivity contribution in [2.45, 2.75) is 38.6 Å². The highest BCUT2D eigenvalue weighted by molar-refractivity contribution is 5.76. The summed E-state index contributed by atoms with van der Waals surface area (Å²) in [6.07, 6.45) is 4.12. The van der Waals surface area contributed by atoms with Gasteiger partial charge in [0.05, 0.1) is 0 Å². The molecule has 0 radical (unpaired) electrons. The highest BCUT2D eigenvalue weighted by Crippen LogP contribution is 2.20. The van der Waals surface area contributed by atoms with Crippen molar-refractivity contribution < 1.29 is 4.79 Å². The van der Waals surface area contributed by atoms with E-state index in [0.717, 1.165) is 19.5 Å². The van der Waals surface area contributed by atoms with Gasteiger partial charge in [0.2, 0.25) is 5.91 Å². The maximum atomic E-state index is 11.5. The van der Waals surface area contributed by atoms with Gasteiger partial charge >= 0.3 is 0 Å². The van der Waals surface area contributed by atoms with Crippen LogP contribution in [0.15, 0.2) is 0 Å². The van der Waals surface area contributed by atoms with Gasteiger partial charge in [-0.15, -0.1) is 0 Å². The second kappa shape index (κ2) is 5.22. The molecular formula is C10H20N2O. The van der Waals surface area contributed by atoms with Gasteiger partial charge in [0.25, 0.3) is 0 Å². The van der Waals surface area contributed by atoms with Crippen LogP contribution in [0.1, 0.15) is 32.6 Å². The Labute approximate surface area is 80.5 Å². The Balaban J connectivity index is 2.39. The van der Waals surface area contributed by atoms with Crippen LogP contribution < -0.4 is 5.32 Å². The minimum atomic E-state index is 0.318. The number of nitrogens with zero attached hydrogens (tertiary/aromatic N) is 1. The lowest BCUT2D eigenvalue weighted by Crippen LogP contribution is -2.36. The number of likely N-dealkylation sites (tertiary alicyclic amines) is 1. The summed E-state index contributed by atoms with van der Waals surface area (Å²) in [4.78, 5) is 13.5. The van der Waals surface area contributed by atoms with Gasteiger partial charge in [-0.2, -0.15) is 0 Å². The second-order valence-electron chi connectivity index (χ2n) is 3.63. The highest BCUT2D eigenvalue weighted by atomic mass is 16.2. The molecule has 1 aliphatic rings. The van der Waals surface area contributed by atoms with E-state index < -0.39 is 0 Å². The Hall–Kier alpha value is -0.570. The summed E-state index contributed by atoms with van der Waals surface area (Å²) in [6, 6.07) is 0.500. The summed E-state index contributed by atoms with van der Waals surface area (Å²) in [7, 11) is 1.96. The number of hydrogen-bond donors (Lipinski definition) is 1. The smallest absolute Gasteiger partial charge is 0.222 e. The molecule has 76 valence electrons. The van der Waals surface area contributed by atoms with Crippen LogP contribution in [0.5, 0.6) is 0 Å². The van der Waals surface area contributed by atoms with Crippen molar-refractivity contribution in [3.05, 3.63) is 0 Å². The van der Waals surface area contributed by atoms with E-state index in [-0.39, 0.29) is 0 Å². The minimum Gasteiger partial charge on any atom is -0.340 e. The zero-order valence-corrected chi connectivity index (χ0v) is 8.68. The van der Waals surface area contributed by atoms with Crippen molar-refractivity contribution in [1.82, 2.24) is 10.2 Å². The van der Waals surface area contributed by atoms with Gasteiger partial charge in [0.1, 0.15) is 0 Å². The van der Waals surface area contributed by atoms with Gasteiger partial charge in [-0.3, -0.25) is 4.79 Å². The monoisotopic (exact) mass is 184 g/mol. The van der Waals surface area contributed by atoms with E-state index in [1.54, 1.807) is 0 Å². The molecule has 0 aromatic rings. The SMILES string of the molecule is CCC(=O)N1CCCC1CCNC. The van der Waals surface area contributed by atoms with Crippen LogP contribution in [-0.2, 0) is 4.79 Å². The van der Waals surface area contributed by atoms with Crippen molar-refractivity contribution in [1.29, 1.82) is 0 Å². The van der Waals surface area contributed by atoms with Crippen LogP contribution in [-0.4, -0.2) is 37.0 Å². The molecule has 0 aromatic carbocycles. The Morgan fingerprint density at radius 2 is 2.38 bits per heavy atom. The molecule has 3 nitrogen and oxygen atoms in total. The van der Waals surface area contributed by atoms with Crippen LogP contribution in [0, 0.1) is 0 Å². The van der Waals surface area contributed by atoms with E-state index >= 15 is 0 Å². The fourth-order valence-corrected chi connectivity index (χ4v) is 1.98. The van der Waals surface area contributed by atoms with Crippen molar-refractivity contribution in [2.24, 2.45) is 0 Å². The second-order valence-corrected chi connectivity index (χ2v) is 3.63. The molecule has 1 N–H and O–H groups in total. The van der Waals surface area contributed by atoms with Gasteiger partial charge in [-0.1, -0.05) is 6.92 Å². The van der Waals surface area contributed by atoms with Crippen LogP contribution >= 0.6 is 0 Å². The predicted octanol–water partition coefficient (Wildman–Crippen LogP) is 0.997. The van der Waals surface area contributed by atoms with Crippen LogP contribution in [0.3, 0.4) is 0 Å². The number of carbonyl (C=O) groups excluding carboxylic acids is 1. The topological polar surface area (TPSA) is 32.3 Å². The Kier molecular flexibility index (Phi) is 4.22. The number of rotatable bonds is 4. The lowest BCUT2D eigenvalue weighted by atomic mass is 10.1. The first-order valence-electron chi connectivity index (χ1n) is 5.23. The zero-order valence-electron chi connectivity index (χ0n) is 8.68. The third kappa shape index (κ3) is 2.69. The molecule has 0 saturated carbocycles. The summed E-state index contributed by atoms with van der Waals surface area (Å²) < 4.78 is 0. The Morgan fingerprint density at radius 1 is 1.62 bits per heavy atom. The Morgan fingerprint density at radius 3 is 3.00 bits per heavy atom. The van der Waals surface area contributed by atoms with Gasteiger partial charge < -0.3 is 10.2 Å². The lowest BCUT2D eigenvalue weighted by Gasteiger charge is -2.24. The average molecular weight is 184 g/mol. The number of nitrogens with one attached hydrogen (secondary N) is 1. The van der Waals surface area contributed by atoms with E-state index in [1.165, 1.54) is 12.8 Å². The zero-order chi connectivity index (χ0) is 9.68. The molecule has 1 saturated heterocycles. The highest BCUT2D eigenvalue weighted by Gasteiger charge is 2.26. The molecule has 1 atom stereocenters. The summed E-state index contributed by atoms with van der Waals surface area (Å²) >= 11 is 0. The molecule has 3 heteroatoms. The molecule has 1 heterocycles. The molecule has 1 amide bonds. The summed E-state index contributed by atoms with van der Waals surface area (Å²) in [5.74, 6) is 0.318. The van der Waals surface area contributed by atoms with E-state index in [4.69, 9.17) is 0 Å². The first-order chi connectivity index (χ1) is 6.29. The minimum absolute atomic E-state index is 0.318. The van der Waals surface area contributed by atoms with E-state index in [1.807, 2.05) is 14.0 Å². The Bertz CT molecular complexity index is 170. The van der Waals surface area contributed by atoms with Gasteiger partial charge in [-0.05, 0) is 32.9 Å². The maximum absolute atomic E-state index is 11.5. The quantitative estimate of drug-likeness (QED) is 0.707. The van der Waals surface area contributed by atoms with E-state index in [2.05, 4.69) is 10.2 Å². The van der Waals surface area contributed by atoms with Gasteiger partial charge in [0.15, 0.2) is 0 Å². The molecule has 13 heavy (non-hydrogen) atoms. The number of hydrogen-bond acceptors (Lipinski definition) is 2. The third-order valence-electron chi connectivity index (χ3n) is 2.73. The van der Waals surface area contributed by atoms with Crippen LogP contribution in [0.2, 0.25) is 0 Å². The largest absolute Gasteiger partial charge is 0.340 e. The standard InChI is InChI=1S/C10H20N2O/c1-3-10(13)12-8-4-5-9(12)6-7-11-2/h9,11H,3-8H2,1-2H3. The fourth-order valence-electron chi connectivity index (χ4n) is 1.98. The molecule has 0 bridgehead atoms. The molecule has 1 rings (SSSR count). The van der Waals surface area contributed by atoms with Gasteiger partial charge in [0, 0.05) is 19.0 Å². The summed E-state index contributed by atoms with van der Waals surface area (Å²) in [5, 5.41) is 3.13. The number of amides is 1.